The minimum absolute atomic E-state index is 0.0956. The predicted molar refractivity (Wildman–Crippen MR) is 75.2 cm³/mol. The number of amides is 1. The highest BCUT2D eigenvalue weighted by molar-refractivity contribution is 7.07. The Kier molecular flexibility index (Phi) is 4.06. The predicted octanol–water partition coefficient (Wildman–Crippen LogP) is 2.37. The summed E-state index contributed by atoms with van der Waals surface area (Å²) in [4.78, 5) is 23.4. The zero-order valence-corrected chi connectivity index (χ0v) is 11.8. The van der Waals surface area contributed by atoms with Crippen molar-refractivity contribution in [1.82, 2.24) is 15.0 Å². The maximum absolute atomic E-state index is 11.0. The molecule has 0 bridgehead atoms. The molecular formula is C12H15N5OS. The van der Waals surface area contributed by atoms with Crippen LogP contribution in [0.25, 0.3) is 0 Å². The lowest BCUT2D eigenvalue weighted by Crippen LogP contribution is -2.14. The molecule has 6 nitrogen and oxygen atoms in total. The fourth-order valence-electron chi connectivity index (χ4n) is 1.56. The van der Waals surface area contributed by atoms with Gasteiger partial charge in [0.25, 0.3) is 0 Å². The summed E-state index contributed by atoms with van der Waals surface area (Å²) in [5, 5.41) is 9.84. The number of carbonyl (C=O) groups is 1. The van der Waals surface area contributed by atoms with Crippen molar-refractivity contribution in [3.63, 3.8) is 0 Å². The van der Waals surface area contributed by atoms with Gasteiger partial charge in [0.1, 0.15) is 5.82 Å². The number of hydrogen-bond donors (Lipinski definition) is 2. The number of aryl methyl sites for hydroxylation is 1. The molecule has 7 heteroatoms. The molecule has 100 valence electrons. The Hall–Kier alpha value is -2.02. The second-order valence-electron chi connectivity index (χ2n) is 4.13. The van der Waals surface area contributed by atoms with Crippen LogP contribution in [0.3, 0.4) is 0 Å². The topological polar surface area (TPSA) is 79.8 Å². The van der Waals surface area contributed by atoms with Gasteiger partial charge in [-0.1, -0.05) is 0 Å². The summed E-state index contributed by atoms with van der Waals surface area (Å²) in [6, 6.07) is 2.14. The molecule has 1 atom stereocenters. The highest BCUT2D eigenvalue weighted by Gasteiger charge is 2.10. The first-order valence-corrected chi connectivity index (χ1v) is 6.78. The number of nitrogens with zero attached hydrogens (tertiary/aromatic N) is 3. The van der Waals surface area contributed by atoms with Crippen molar-refractivity contribution in [2.75, 3.05) is 10.6 Å². The number of hydrogen-bond acceptors (Lipinski definition) is 6. The SMILES string of the molecule is CC(=O)Nc1nc(C)nc(NC(C)c2ccsc2)n1. The first-order valence-electron chi connectivity index (χ1n) is 5.83. The molecule has 0 radical (unpaired) electrons. The zero-order chi connectivity index (χ0) is 13.8. The molecule has 2 aromatic heterocycles. The van der Waals surface area contributed by atoms with Gasteiger partial charge in [0, 0.05) is 6.92 Å². The van der Waals surface area contributed by atoms with Crippen LogP contribution in [0.15, 0.2) is 16.8 Å². The van der Waals surface area contributed by atoms with E-state index in [1.165, 1.54) is 12.5 Å². The first kappa shape index (κ1) is 13.4. The average molecular weight is 277 g/mol. The molecule has 2 aromatic rings. The molecule has 2 heterocycles. The van der Waals surface area contributed by atoms with E-state index in [0.717, 1.165) is 0 Å². The van der Waals surface area contributed by atoms with Gasteiger partial charge in [-0.05, 0) is 36.2 Å². The summed E-state index contributed by atoms with van der Waals surface area (Å²) in [6.07, 6.45) is 0. The molecule has 1 amide bonds. The first-order chi connectivity index (χ1) is 9.04. The molecule has 19 heavy (non-hydrogen) atoms. The summed E-state index contributed by atoms with van der Waals surface area (Å²) < 4.78 is 0. The highest BCUT2D eigenvalue weighted by Crippen LogP contribution is 2.19. The average Bonchev–Trinajstić information content (AvgIpc) is 2.79. The van der Waals surface area contributed by atoms with E-state index in [2.05, 4.69) is 31.0 Å². The summed E-state index contributed by atoms with van der Waals surface area (Å²) in [6.45, 7) is 5.20. The van der Waals surface area contributed by atoms with E-state index in [1.54, 1.807) is 18.3 Å². The molecule has 0 aliphatic carbocycles. The fraction of sp³-hybridized carbons (Fsp3) is 0.333. The van der Waals surface area contributed by atoms with Crippen LogP contribution in [0.1, 0.15) is 31.3 Å². The lowest BCUT2D eigenvalue weighted by Gasteiger charge is -2.13. The molecule has 0 aliphatic rings. The lowest BCUT2D eigenvalue weighted by atomic mass is 10.2. The van der Waals surface area contributed by atoms with Gasteiger partial charge < -0.3 is 5.32 Å². The lowest BCUT2D eigenvalue weighted by molar-refractivity contribution is -0.114. The van der Waals surface area contributed by atoms with E-state index < -0.39 is 0 Å². The molecule has 1 unspecified atom stereocenters. The van der Waals surface area contributed by atoms with E-state index in [4.69, 9.17) is 0 Å². The Morgan fingerprint density at radius 1 is 1.32 bits per heavy atom. The number of aromatic nitrogens is 3. The number of thiophene rings is 1. The second-order valence-corrected chi connectivity index (χ2v) is 4.91. The van der Waals surface area contributed by atoms with Gasteiger partial charge in [0.2, 0.25) is 17.8 Å². The molecule has 2 N–H and O–H groups in total. The quantitative estimate of drug-likeness (QED) is 0.897. The minimum Gasteiger partial charge on any atom is -0.348 e. The monoisotopic (exact) mass is 277 g/mol. The van der Waals surface area contributed by atoms with E-state index in [9.17, 15) is 4.79 Å². The second kappa shape index (κ2) is 5.75. The third-order valence-corrected chi connectivity index (χ3v) is 3.13. The number of rotatable bonds is 4. The molecule has 0 spiro atoms. The molecular weight excluding hydrogens is 262 g/mol. The minimum atomic E-state index is -0.206. The molecule has 0 aromatic carbocycles. The molecule has 0 aliphatic heterocycles. The number of carbonyl (C=O) groups excluding carboxylic acids is 1. The molecule has 0 saturated heterocycles. The van der Waals surface area contributed by atoms with Gasteiger partial charge in [0.15, 0.2) is 0 Å². The third kappa shape index (κ3) is 3.72. The van der Waals surface area contributed by atoms with Crippen LogP contribution in [0.5, 0.6) is 0 Å². The molecule has 2 rings (SSSR count). The van der Waals surface area contributed by atoms with Crippen LogP contribution in [0.4, 0.5) is 11.9 Å². The normalized spacial score (nSPS) is 11.9. The maximum Gasteiger partial charge on any atom is 0.234 e. The van der Waals surface area contributed by atoms with Gasteiger partial charge >= 0.3 is 0 Å². The van der Waals surface area contributed by atoms with Crippen molar-refractivity contribution in [3.8, 4) is 0 Å². The van der Waals surface area contributed by atoms with Crippen molar-refractivity contribution in [1.29, 1.82) is 0 Å². The van der Waals surface area contributed by atoms with Gasteiger partial charge in [-0.3, -0.25) is 10.1 Å². The Balaban J connectivity index is 2.15. The Morgan fingerprint density at radius 3 is 2.68 bits per heavy atom. The van der Waals surface area contributed by atoms with Crippen molar-refractivity contribution in [2.45, 2.75) is 26.8 Å². The largest absolute Gasteiger partial charge is 0.348 e. The standard InChI is InChI=1S/C12H15N5OS/c1-7(10-4-5-19-6-10)13-11-14-8(2)15-12(17-11)16-9(3)18/h4-7H,1-3H3,(H2,13,14,15,16,17,18). The van der Waals surface area contributed by atoms with Gasteiger partial charge in [0.05, 0.1) is 6.04 Å². The van der Waals surface area contributed by atoms with Crippen LogP contribution >= 0.6 is 11.3 Å². The van der Waals surface area contributed by atoms with Crippen LogP contribution in [0, 0.1) is 6.92 Å². The molecule has 0 saturated carbocycles. The van der Waals surface area contributed by atoms with Crippen molar-refractivity contribution >= 4 is 29.1 Å². The van der Waals surface area contributed by atoms with Crippen LogP contribution in [0.2, 0.25) is 0 Å². The van der Waals surface area contributed by atoms with E-state index in [1.807, 2.05) is 18.4 Å². The van der Waals surface area contributed by atoms with E-state index in [-0.39, 0.29) is 17.9 Å². The van der Waals surface area contributed by atoms with Gasteiger partial charge in [-0.15, -0.1) is 0 Å². The summed E-state index contributed by atoms with van der Waals surface area (Å²) in [5.41, 5.74) is 1.17. The highest BCUT2D eigenvalue weighted by atomic mass is 32.1. The van der Waals surface area contributed by atoms with Crippen LogP contribution in [-0.4, -0.2) is 20.9 Å². The van der Waals surface area contributed by atoms with Gasteiger partial charge in [-0.25, -0.2) is 0 Å². The zero-order valence-electron chi connectivity index (χ0n) is 11.0. The van der Waals surface area contributed by atoms with Crippen molar-refractivity contribution in [3.05, 3.63) is 28.2 Å². The molecule has 0 fully saturated rings. The summed E-state index contributed by atoms with van der Waals surface area (Å²) in [7, 11) is 0. The Bertz CT molecular complexity index is 570. The third-order valence-electron chi connectivity index (χ3n) is 2.42. The number of anilines is 2. The van der Waals surface area contributed by atoms with Crippen LogP contribution in [-0.2, 0) is 4.79 Å². The summed E-state index contributed by atoms with van der Waals surface area (Å²) >= 11 is 1.64. The number of nitrogens with one attached hydrogen (secondary N) is 2. The fourth-order valence-corrected chi connectivity index (χ4v) is 2.31. The van der Waals surface area contributed by atoms with Crippen molar-refractivity contribution < 1.29 is 4.79 Å². The Labute approximate surface area is 115 Å². The van der Waals surface area contributed by atoms with E-state index in [0.29, 0.717) is 11.8 Å². The smallest absolute Gasteiger partial charge is 0.234 e. The van der Waals surface area contributed by atoms with Gasteiger partial charge in [-0.2, -0.15) is 26.3 Å². The Morgan fingerprint density at radius 2 is 2.05 bits per heavy atom. The van der Waals surface area contributed by atoms with E-state index >= 15 is 0 Å². The summed E-state index contributed by atoms with van der Waals surface area (Å²) in [5.74, 6) is 1.07. The van der Waals surface area contributed by atoms with Crippen LogP contribution < -0.4 is 10.6 Å². The maximum atomic E-state index is 11.0. The van der Waals surface area contributed by atoms with Crippen molar-refractivity contribution in [2.24, 2.45) is 0 Å².